The van der Waals surface area contributed by atoms with Gasteiger partial charge < -0.3 is 4.74 Å². The SMILES string of the molecule is CC(C)(C)OC(=O)N1C=CC2C(=O)N=CN=C21. The molecule has 2 rings (SSSR count). The summed E-state index contributed by atoms with van der Waals surface area (Å²) in [6, 6.07) is 0. The quantitative estimate of drug-likeness (QED) is 0.636. The molecule has 90 valence electrons. The van der Waals surface area contributed by atoms with Gasteiger partial charge in [-0.05, 0) is 26.8 Å². The first-order valence-corrected chi connectivity index (χ1v) is 5.23. The number of aliphatic imine (C=N–C) groups is 2. The van der Waals surface area contributed by atoms with Gasteiger partial charge in [-0.3, -0.25) is 4.79 Å². The number of amidine groups is 1. The van der Waals surface area contributed by atoms with Crippen LogP contribution in [0.5, 0.6) is 0 Å². The fourth-order valence-electron chi connectivity index (χ4n) is 1.51. The van der Waals surface area contributed by atoms with Crippen molar-refractivity contribution in [2.75, 3.05) is 0 Å². The maximum Gasteiger partial charge on any atom is 0.419 e. The predicted molar refractivity (Wildman–Crippen MR) is 61.6 cm³/mol. The molecule has 0 aromatic rings. The van der Waals surface area contributed by atoms with Crippen LogP contribution in [0.4, 0.5) is 4.79 Å². The van der Waals surface area contributed by atoms with E-state index < -0.39 is 17.6 Å². The molecule has 0 aliphatic carbocycles. The van der Waals surface area contributed by atoms with Crippen molar-refractivity contribution >= 4 is 24.2 Å². The van der Waals surface area contributed by atoms with Crippen LogP contribution in [0, 0.1) is 5.92 Å². The molecule has 2 aliphatic rings. The van der Waals surface area contributed by atoms with Gasteiger partial charge in [0.15, 0.2) is 0 Å². The minimum Gasteiger partial charge on any atom is -0.443 e. The third kappa shape index (κ3) is 2.25. The van der Waals surface area contributed by atoms with E-state index in [1.54, 1.807) is 26.8 Å². The molecule has 2 aliphatic heterocycles. The van der Waals surface area contributed by atoms with Gasteiger partial charge in [-0.2, -0.15) is 0 Å². The fraction of sp³-hybridized carbons (Fsp3) is 0.455. The molecular weight excluding hydrogens is 222 g/mol. The van der Waals surface area contributed by atoms with Gasteiger partial charge in [0, 0.05) is 6.20 Å². The first-order chi connectivity index (χ1) is 7.88. The summed E-state index contributed by atoms with van der Waals surface area (Å²) in [5.41, 5.74) is -0.587. The Morgan fingerprint density at radius 3 is 2.82 bits per heavy atom. The van der Waals surface area contributed by atoms with Crippen molar-refractivity contribution in [3.8, 4) is 0 Å². The number of amides is 2. The summed E-state index contributed by atoms with van der Waals surface area (Å²) in [7, 11) is 0. The number of carbonyl (C=O) groups is 2. The zero-order valence-corrected chi connectivity index (χ0v) is 9.88. The van der Waals surface area contributed by atoms with Crippen LogP contribution >= 0.6 is 0 Å². The molecule has 1 unspecified atom stereocenters. The topological polar surface area (TPSA) is 71.3 Å². The molecule has 0 aromatic heterocycles. The van der Waals surface area contributed by atoms with Crippen LogP contribution in [0.25, 0.3) is 0 Å². The summed E-state index contributed by atoms with van der Waals surface area (Å²) in [4.78, 5) is 32.0. The lowest BCUT2D eigenvalue weighted by molar-refractivity contribution is -0.118. The Bertz CT molecular complexity index is 457. The second-order valence-electron chi connectivity index (χ2n) is 4.74. The molecule has 1 atom stereocenters. The van der Waals surface area contributed by atoms with Crippen LogP contribution in [0.15, 0.2) is 22.3 Å². The third-order valence-electron chi connectivity index (χ3n) is 2.18. The van der Waals surface area contributed by atoms with Crippen molar-refractivity contribution < 1.29 is 14.3 Å². The number of hydrogen-bond acceptors (Lipinski definition) is 4. The van der Waals surface area contributed by atoms with Crippen molar-refractivity contribution in [1.29, 1.82) is 0 Å². The minimum absolute atomic E-state index is 0.322. The van der Waals surface area contributed by atoms with E-state index in [0.717, 1.165) is 6.34 Å². The molecule has 0 N–H and O–H groups in total. The van der Waals surface area contributed by atoms with E-state index in [2.05, 4.69) is 9.98 Å². The van der Waals surface area contributed by atoms with E-state index in [1.165, 1.54) is 11.1 Å². The number of hydrogen-bond donors (Lipinski definition) is 0. The molecule has 2 amide bonds. The standard InChI is InChI=1S/C11H13N3O3/c1-11(2,3)17-10(16)14-5-4-7-8(14)12-6-13-9(7)15/h4-7H,1-3H3. The highest BCUT2D eigenvalue weighted by Crippen LogP contribution is 2.22. The van der Waals surface area contributed by atoms with E-state index in [1.807, 2.05) is 0 Å². The van der Waals surface area contributed by atoms with Gasteiger partial charge in [-0.25, -0.2) is 19.7 Å². The van der Waals surface area contributed by atoms with Crippen LogP contribution in [0.3, 0.4) is 0 Å². The summed E-state index contributed by atoms with van der Waals surface area (Å²) >= 11 is 0. The second kappa shape index (κ2) is 3.80. The molecule has 0 radical (unpaired) electrons. The summed E-state index contributed by atoms with van der Waals surface area (Å²) in [6.07, 6.45) is 3.68. The zero-order valence-electron chi connectivity index (χ0n) is 9.88. The maximum atomic E-state index is 11.8. The highest BCUT2D eigenvalue weighted by Gasteiger charge is 2.36. The Hall–Kier alpha value is -1.98. The van der Waals surface area contributed by atoms with Crippen molar-refractivity contribution in [3.05, 3.63) is 12.3 Å². The number of carbonyl (C=O) groups excluding carboxylic acids is 2. The van der Waals surface area contributed by atoms with E-state index >= 15 is 0 Å². The van der Waals surface area contributed by atoms with Crippen molar-refractivity contribution in [2.45, 2.75) is 26.4 Å². The van der Waals surface area contributed by atoms with Crippen LogP contribution in [-0.2, 0) is 9.53 Å². The Kier molecular flexibility index (Phi) is 2.57. The first kappa shape index (κ1) is 11.5. The minimum atomic E-state index is -0.587. The lowest BCUT2D eigenvalue weighted by Gasteiger charge is -2.24. The average molecular weight is 235 g/mol. The van der Waals surface area contributed by atoms with E-state index in [4.69, 9.17) is 4.74 Å². The maximum absolute atomic E-state index is 11.8. The first-order valence-electron chi connectivity index (χ1n) is 5.23. The van der Waals surface area contributed by atoms with E-state index in [0.29, 0.717) is 5.84 Å². The largest absolute Gasteiger partial charge is 0.443 e. The van der Waals surface area contributed by atoms with Crippen molar-refractivity contribution in [2.24, 2.45) is 15.9 Å². The lowest BCUT2D eigenvalue weighted by atomic mass is 10.1. The summed E-state index contributed by atoms with van der Waals surface area (Å²) in [6.45, 7) is 5.33. The normalized spacial score (nSPS) is 22.5. The number of nitrogens with zero attached hydrogens (tertiary/aromatic N) is 3. The van der Waals surface area contributed by atoms with Gasteiger partial charge >= 0.3 is 6.09 Å². The predicted octanol–water partition coefficient (Wildman–Crippen LogP) is 1.33. The third-order valence-corrected chi connectivity index (χ3v) is 2.18. The van der Waals surface area contributed by atoms with Gasteiger partial charge in [0.25, 0.3) is 5.91 Å². The summed E-state index contributed by atoms with van der Waals surface area (Å²) in [5, 5.41) is 0. The number of rotatable bonds is 0. The highest BCUT2D eigenvalue weighted by molar-refractivity contribution is 6.17. The molecule has 2 heterocycles. The second-order valence-corrected chi connectivity index (χ2v) is 4.74. The highest BCUT2D eigenvalue weighted by atomic mass is 16.6. The van der Waals surface area contributed by atoms with Crippen LogP contribution in [0.2, 0.25) is 0 Å². The van der Waals surface area contributed by atoms with Crippen LogP contribution < -0.4 is 0 Å². The molecule has 17 heavy (non-hydrogen) atoms. The van der Waals surface area contributed by atoms with E-state index in [-0.39, 0.29) is 5.91 Å². The summed E-state index contributed by atoms with van der Waals surface area (Å²) in [5.74, 6) is -0.538. The molecule has 0 saturated heterocycles. The lowest BCUT2D eigenvalue weighted by Crippen LogP contribution is -2.39. The molecular formula is C11H13N3O3. The smallest absolute Gasteiger partial charge is 0.419 e. The molecule has 6 nitrogen and oxygen atoms in total. The van der Waals surface area contributed by atoms with Gasteiger partial charge in [0.1, 0.15) is 23.7 Å². The molecule has 0 bridgehead atoms. The van der Waals surface area contributed by atoms with Crippen molar-refractivity contribution in [3.63, 3.8) is 0 Å². The Morgan fingerprint density at radius 2 is 2.18 bits per heavy atom. The van der Waals surface area contributed by atoms with Crippen LogP contribution in [-0.4, -0.2) is 34.7 Å². The monoisotopic (exact) mass is 235 g/mol. The molecule has 0 aromatic carbocycles. The van der Waals surface area contributed by atoms with Crippen molar-refractivity contribution in [1.82, 2.24) is 4.90 Å². The number of fused-ring (bicyclic) bond motifs is 1. The molecule has 0 fully saturated rings. The number of ether oxygens (including phenoxy) is 1. The van der Waals surface area contributed by atoms with Gasteiger partial charge in [0.05, 0.1) is 0 Å². The Labute approximate surface area is 98.7 Å². The molecule has 6 heteroatoms. The average Bonchev–Trinajstić information content (AvgIpc) is 2.60. The van der Waals surface area contributed by atoms with E-state index in [9.17, 15) is 9.59 Å². The van der Waals surface area contributed by atoms with Gasteiger partial charge in [0.2, 0.25) is 0 Å². The van der Waals surface area contributed by atoms with Gasteiger partial charge in [-0.1, -0.05) is 0 Å². The zero-order chi connectivity index (χ0) is 12.6. The molecule has 0 spiro atoms. The molecule has 0 saturated carbocycles. The Balaban J connectivity index is 2.17. The van der Waals surface area contributed by atoms with Crippen LogP contribution in [0.1, 0.15) is 20.8 Å². The summed E-state index contributed by atoms with van der Waals surface area (Å²) < 4.78 is 5.20. The Morgan fingerprint density at radius 1 is 1.47 bits per heavy atom. The van der Waals surface area contributed by atoms with Gasteiger partial charge in [-0.15, -0.1) is 0 Å². The fourth-order valence-corrected chi connectivity index (χ4v) is 1.51.